The van der Waals surface area contributed by atoms with Crippen LogP contribution in [0.2, 0.25) is 0 Å². The number of likely N-dealkylation sites (N-methyl/N-ethyl adjacent to an activating group) is 1. The summed E-state index contributed by atoms with van der Waals surface area (Å²) in [6.07, 6.45) is 61.6. The van der Waals surface area contributed by atoms with Gasteiger partial charge in [0, 0.05) is 6.42 Å². The van der Waals surface area contributed by atoms with Gasteiger partial charge in [-0.25, -0.2) is 0 Å². The molecular weight excluding hydrogens is 840 g/mol. The van der Waals surface area contributed by atoms with Gasteiger partial charge in [-0.1, -0.05) is 269 Å². The molecule has 0 spiro atoms. The molecule has 3 atom stereocenters. The summed E-state index contributed by atoms with van der Waals surface area (Å²) in [5, 5.41) is 13.8. The number of rotatable bonds is 53. The number of phosphoric ester groups is 1. The van der Waals surface area contributed by atoms with E-state index in [1.54, 1.807) is 6.08 Å². The Bertz CT molecular complexity index is 1130. The number of unbranched alkanes of at least 4 members (excludes halogenated alkanes) is 38. The van der Waals surface area contributed by atoms with Gasteiger partial charge in [0.05, 0.1) is 39.9 Å². The number of nitrogens with zero attached hydrogens (tertiary/aromatic N) is 1. The molecule has 0 saturated heterocycles. The third-order valence-corrected chi connectivity index (χ3v) is 14.1. The van der Waals surface area contributed by atoms with E-state index in [2.05, 4.69) is 31.3 Å². The van der Waals surface area contributed by atoms with Crippen LogP contribution in [0.3, 0.4) is 0 Å². The van der Waals surface area contributed by atoms with Gasteiger partial charge in [0.15, 0.2) is 0 Å². The molecule has 0 bridgehead atoms. The molecule has 8 nitrogen and oxygen atoms in total. The van der Waals surface area contributed by atoms with E-state index in [0.29, 0.717) is 17.4 Å². The average molecular weight is 954 g/mol. The molecule has 66 heavy (non-hydrogen) atoms. The number of carbonyl (C=O) groups excluding carboxylic acids is 1. The average Bonchev–Trinajstić information content (AvgIpc) is 3.28. The summed E-state index contributed by atoms with van der Waals surface area (Å²) in [4.78, 5) is 25.3. The predicted molar refractivity (Wildman–Crippen MR) is 284 cm³/mol. The van der Waals surface area contributed by atoms with E-state index in [1.807, 2.05) is 27.2 Å². The summed E-state index contributed by atoms with van der Waals surface area (Å²) in [6, 6.07) is -0.898. The lowest BCUT2D eigenvalue weighted by atomic mass is 10.0. The van der Waals surface area contributed by atoms with Gasteiger partial charge >= 0.3 is 0 Å². The van der Waals surface area contributed by atoms with Gasteiger partial charge in [0.1, 0.15) is 13.2 Å². The van der Waals surface area contributed by atoms with E-state index in [4.69, 9.17) is 9.05 Å². The van der Waals surface area contributed by atoms with Gasteiger partial charge in [-0.3, -0.25) is 9.36 Å². The van der Waals surface area contributed by atoms with E-state index in [0.717, 1.165) is 38.5 Å². The highest BCUT2D eigenvalue weighted by atomic mass is 31.2. The Morgan fingerprint density at radius 1 is 0.515 bits per heavy atom. The number of phosphoric acid groups is 1. The van der Waals surface area contributed by atoms with Crippen molar-refractivity contribution in [2.24, 2.45) is 0 Å². The molecule has 1 amide bonds. The highest BCUT2D eigenvalue weighted by Crippen LogP contribution is 2.38. The lowest BCUT2D eigenvalue weighted by molar-refractivity contribution is -0.870. The van der Waals surface area contributed by atoms with Crippen molar-refractivity contribution in [2.75, 3.05) is 40.9 Å². The normalized spacial score (nSPS) is 14.1. The molecule has 0 aliphatic rings. The number of nitrogens with one attached hydrogen (secondary N) is 1. The number of allylic oxidation sites excluding steroid dienone is 3. The molecule has 9 heteroatoms. The molecule has 392 valence electrons. The summed E-state index contributed by atoms with van der Waals surface area (Å²) in [6.45, 7) is 4.62. The van der Waals surface area contributed by atoms with Crippen LogP contribution in [0.25, 0.3) is 0 Å². The van der Waals surface area contributed by atoms with Crippen molar-refractivity contribution in [3.05, 3.63) is 24.3 Å². The van der Waals surface area contributed by atoms with Crippen molar-refractivity contribution < 1.29 is 32.9 Å². The molecule has 0 fully saturated rings. The first-order chi connectivity index (χ1) is 32.0. The van der Waals surface area contributed by atoms with E-state index in [1.165, 1.54) is 225 Å². The van der Waals surface area contributed by atoms with E-state index >= 15 is 0 Å². The second kappa shape index (κ2) is 49.0. The molecular formula is C57H113N2O6P. The van der Waals surface area contributed by atoms with E-state index in [-0.39, 0.29) is 19.1 Å². The molecule has 0 aromatic rings. The van der Waals surface area contributed by atoms with Crippen LogP contribution in [-0.4, -0.2) is 68.5 Å². The predicted octanol–water partition coefficient (Wildman–Crippen LogP) is 16.6. The second-order valence-electron chi connectivity index (χ2n) is 21.0. The molecule has 0 aliphatic heterocycles. The first-order valence-electron chi connectivity index (χ1n) is 28.7. The molecule has 0 aromatic heterocycles. The molecule has 0 aliphatic carbocycles. The number of aliphatic hydroxyl groups excluding tert-OH is 1. The minimum atomic E-state index is -4.59. The SMILES string of the molecule is CCCCCC/C=C/CC/C=C/C(O)C(COP(=O)([O-])OCC[N+](C)(C)C)NC(=O)CCCCCCCCCCCCCCCCCCCCCCCCCCCCCCCCCCCC. The van der Waals surface area contributed by atoms with Crippen molar-refractivity contribution in [2.45, 2.75) is 296 Å². The Labute approximate surface area is 411 Å². The van der Waals surface area contributed by atoms with Gasteiger partial charge in [-0.05, 0) is 32.1 Å². The van der Waals surface area contributed by atoms with Crippen LogP contribution in [0.15, 0.2) is 24.3 Å². The monoisotopic (exact) mass is 953 g/mol. The standard InChI is InChI=1S/C57H113N2O6P/c1-6-8-10-12-14-16-18-19-20-21-22-23-24-25-26-27-28-29-30-31-32-33-34-35-36-37-38-39-40-41-43-45-47-49-51-57(61)58-55(54-65-66(62,63)64-53-52-59(3,4)5)56(60)50-48-46-44-42-17-15-13-11-9-7-2/h17,42,48,50,55-56,60H,6-16,18-41,43-47,49,51-54H2,1-5H3,(H-,58,61,62,63)/b42-17+,50-48+. The second-order valence-corrected chi connectivity index (χ2v) is 22.4. The summed E-state index contributed by atoms with van der Waals surface area (Å²) < 4.78 is 23.2. The summed E-state index contributed by atoms with van der Waals surface area (Å²) >= 11 is 0. The van der Waals surface area contributed by atoms with Crippen LogP contribution in [0, 0.1) is 0 Å². The number of carbonyl (C=O) groups is 1. The van der Waals surface area contributed by atoms with Crippen molar-refractivity contribution in [3.63, 3.8) is 0 Å². The molecule has 0 saturated carbocycles. The number of aliphatic hydroxyl groups is 1. The van der Waals surface area contributed by atoms with Crippen LogP contribution >= 0.6 is 7.82 Å². The quantitative estimate of drug-likeness (QED) is 0.0272. The topological polar surface area (TPSA) is 108 Å². The summed E-state index contributed by atoms with van der Waals surface area (Å²) in [7, 11) is 1.25. The van der Waals surface area contributed by atoms with Crippen molar-refractivity contribution in [1.29, 1.82) is 0 Å². The third kappa shape index (κ3) is 50.8. The summed E-state index contributed by atoms with van der Waals surface area (Å²) in [5.74, 6) is -0.204. The number of amides is 1. The van der Waals surface area contributed by atoms with Crippen LogP contribution in [0.4, 0.5) is 0 Å². The molecule has 0 radical (unpaired) electrons. The Balaban J connectivity index is 3.88. The van der Waals surface area contributed by atoms with E-state index < -0.39 is 20.0 Å². The minimum absolute atomic E-state index is 0.00434. The Hall–Kier alpha value is -1.02. The molecule has 0 heterocycles. The zero-order chi connectivity index (χ0) is 48.5. The van der Waals surface area contributed by atoms with Gasteiger partial charge in [-0.2, -0.15) is 0 Å². The van der Waals surface area contributed by atoms with Crippen LogP contribution in [0.1, 0.15) is 284 Å². The van der Waals surface area contributed by atoms with E-state index in [9.17, 15) is 19.4 Å². The minimum Gasteiger partial charge on any atom is -0.756 e. The number of hydrogen-bond donors (Lipinski definition) is 2. The number of quaternary nitrogens is 1. The maximum Gasteiger partial charge on any atom is 0.268 e. The smallest absolute Gasteiger partial charge is 0.268 e. The van der Waals surface area contributed by atoms with Crippen LogP contribution < -0.4 is 10.2 Å². The Morgan fingerprint density at radius 2 is 0.848 bits per heavy atom. The van der Waals surface area contributed by atoms with Crippen LogP contribution in [-0.2, 0) is 18.4 Å². The highest BCUT2D eigenvalue weighted by Gasteiger charge is 2.23. The lowest BCUT2D eigenvalue weighted by Crippen LogP contribution is -2.45. The maximum absolute atomic E-state index is 12.9. The fourth-order valence-electron chi connectivity index (χ4n) is 8.64. The first kappa shape index (κ1) is 65.0. The molecule has 0 aromatic carbocycles. The molecule has 2 N–H and O–H groups in total. The Kier molecular flexibility index (Phi) is 48.2. The molecule has 0 rings (SSSR count). The van der Waals surface area contributed by atoms with Gasteiger partial charge in [-0.15, -0.1) is 0 Å². The van der Waals surface area contributed by atoms with Crippen molar-refractivity contribution in [3.8, 4) is 0 Å². The largest absolute Gasteiger partial charge is 0.756 e. The lowest BCUT2D eigenvalue weighted by Gasteiger charge is -2.29. The van der Waals surface area contributed by atoms with Crippen molar-refractivity contribution in [1.82, 2.24) is 5.32 Å². The van der Waals surface area contributed by atoms with Crippen molar-refractivity contribution >= 4 is 13.7 Å². The summed E-state index contributed by atoms with van der Waals surface area (Å²) in [5.41, 5.74) is 0. The van der Waals surface area contributed by atoms with Gasteiger partial charge in [0.2, 0.25) is 5.91 Å². The van der Waals surface area contributed by atoms with Gasteiger partial charge < -0.3 is 28.8 Å². The maximum atomic E-state index is 12.9. The Morgan fingerprint density at radius 3 is 1.23 bits per heavy atom. The highest BCUT2D eigenvalue weighted by molar-refractivity contribution is 7.45. The molecule has 3 unspecified atom stereocenters. The zero-order valence-electron chi connectivity index (χ0n) is 44.7. The third-order valence-electron chi connectivity index (χ3n) is 13.2. The number of hydrogen-bond acceptors (Lipinski definition) is 6. The fourth-order valence-corrected chi connectivity index (χ4v) is 9.37. The fraction of sp³-hybridized carbons (Fsp3) is 0.912. The van der Waals surface area contributed by atoms with Crippen LogP contribution in [0.5, 0.6) is 0 Å². The van der Waals surface area contributed by atoms with Gasteiger partial charge in [0.25, 0.3) is 7.82 Å². The first-order valence-corrected chi connectivity index (χ1v) is 30.2. The zero-order valence-corrected chi connectivity index (χ0v) is 45.6.